The van der Waals surface area contributed by atoms with Crippen LogP contribution in [0.15, 0.2) is 30.3 Å². The maximum Gasteiger partial charge on any atom is 0.219 e. The van der Waals surface area contributed by atoms with E-state index >= 15 is 0 Å². The summed E-state index contributed by atoms with van der Waals surface area (Å²) in [7, 11) is 1.81. The van der Waals surface area contributed by atoms with Crippen molar-refractivity contribution in [3.05, 3.63) is 35.9 Å². The van der Waals surface area contributed by atoms with Crippen LogP contribution in [0.25, 0.3) is 0 Å². The van der Waals surface area contributed by atoms with E-state index in [4.69, 9.17) is 0 Å². The van der Waals surface area contributed by atoms with Crippen LogP contribution in [0, 0.1) is 0 Å². The molecule has 15 heavy (non-hydrogen) atoms. The van der Waals surface area contributed by atoms with E-state index in [9.17, 15) is 4.79 Å². The molecule has 0 radical (unpaired) electrons. The Morgan fingerprint density at radius 3 is 2.60 bits per heavy atom. The molecule has 82 valence electrons. The summed E-state index contributed by atoms with van der Waals surface area (Å²) in [6.07, 6.45) is 0. The standard InChI is InChI=1S/C12H18N2O/c1-11(15)14(2)9-8-13-10-12-6-4-3-5-7-12/h3-7,13H,8-10H2,1-2H3. The van der Waals surface area contributed by atoms with Gasteiger partial charge < -0.3 is 10.2 Å². The van der Waals surface area contributed by atoms with Gasteiger partial charge in [0.2, 0.25) is 5.91 Å². The molecule has 0 saturated heterocycles. The van der Waals surface area contributed by atoms with E-state index in [-0.39, 0.29) is 5.91 Å². The Balaban J connectivity index is 2.15. The van der Waals surface area contributed by atoms with Crippen molar-refractivity contribution < 1.29 is 4.79 Å². The molecule has 0 fully saturated rings. The number of hydrogen-bond acceptors (Lipinski definition) is 2. The Morgan fingerprint density at radius 1 is 1.33 bits per heavy atom. The summed E-state index contributed by atoms with van der Waals surface area (Å²) in [6, 6.07) is 10.2. The van der Waals surface area contributed by atoms with Crippen LogP contribution in [0.1, 0.15) is 12.5 Å². The SMILES string of the molecule is CC(=O)N(C)CCNCc1ccccc1. The molecule has 1 rings (SSSR count). The summed E-state index contributed by atoms with van der Waals surface area (Å²) in [5.74, 6) is 0.108. The summed E-state index contributed by atoms with van der Waals surface area (Å²) in [5.41, 5.74) is 1.27. The number of benzene rings is 1. The largest absolute Gasteiger partial charge is 0.345 e. The lowest BCUT2D eigenvalue weighted by atomic mass is 10.2. The maximum absolute atomic E-state index is 10.9. The van der Waals surface area contributed by atoms with Gasteiger partial charge in [-0.1, -0.05) is 30.3 Å². The smallest absolute Gasteiger partial charge is 0.219 e. The van der Waals surface area contributed by atoms with Gasteiger partial charge in [0.25, 0.3) is 0 Å². The quantitative estimate of drug-likeness (QED) is 0.735. The fourth-order valence-electron chi connectivity index (χ4n) is 1.23. The molecule has 0 atom stereocenters. The van der Waals surface area contributed by atoms with Crippen LogP contribution in [0.5, 0.6) is 0 Å². The van der Waals surface area contributed by atoms with Gasteiger partial charge in [0, 0.05) is 33.6 Å². The van der Waals surface area contributed by atoms with E-state index in [2.05, 4.69) is 17.4 Å². The van der Waals surface area contributed by atoms with Crippen LogP contribution in [0.2, 0.25) is 0 Å². The third-order valence-corrected chi connectivity index (χ3v) is 2.33. The fraction of sp³-hybridized carbons (Fsp3) is 0.417. The average molecular weight is 206 g/mol. The van der Waals surface area contributed by atoms with E-state index in [1.165, 1.54) is 5.56 Å². The minimum absolute atomic E-state index is 0.108. The van der Waals surface area contributed by atoms with Crippen LogP contribution in [-0.2, 0) is 11.3 Å². The Morgan fingerprint density at radius 2 is 2.00 bits per heavy atom. The summed E-state index contributed by atoms with van der Waals surface area (Å²) in [6.45, 7) is 4.01. The van der Waals surface area contributed by atoms with Crippen LogP contribution in [-0.4, -0.2) is 30.9 Å². The molecule has 0 saturated carbocycles. The second-order valence-electron chi connectivity index (χ2n) is 3.60. The molecule has 0 spiro atoms. The highest BCUT2D eigenvalue weighted by Crippen LogP contribution is 1.96. The molecule has 0 aromatic heterocycles. The molecule has 0 heterocycles. The van der Waals surface area contributed by atoms with Gasteiger partial charge in [-0.3, -0.25) is 4.79 Å². The minimum atomic E-state index is 0.108. The van der Waals surface area contributed by atoms with E-state index < -0.39 is 0 Å². The lowest BCUT2D eigenvalue weighted by molar-refractivity contribution is -0.127. The highest BCUT2D eigenvalue weighted by atomic mass is 16.2. The van der Waals surface area contributed by atoms with Crippen molar-refractivity contribution in [2.24, 2.45) is 0 Å². The predicted octanol–water partition coefficient (Wildman–Crippen LogP) is 1.25. The molecule has 3 nitrogen and oxygen atoms in total. The van der Waals surface area contributed by atoms with E-state index in [0.717, 1.165) is 19.6 Å². The van der Waals surface area contributed by atoms with Gasteiger partial charge in [-0.2, -0.15) is 0 Å². The molecule has 0 bridgehead atoms. The lowest BCUT2D eigenvalue weighted by Crippen LogP contribution is -2.32. The summed E-state index contributed by atoms with van der Waals surface area (Å²) in [4.78, 5) is 12.6. The lowest BCUT2D eigenvalue weighted by Gasteiger charge is -2.14. The van der Waals surface area contributed by atoms with E-state index in [1.807, 2.05) is 25.2 Å². The Bertz CT molecular complexity index is 298. The van der Waals surface area contributed by atoms with Crippen LogP contribution in [0.4, 0.5) is 0 Å². The van der Waals surface area contributed by atoms with E-state index in [1.54, 1.807) is 11.8 Å². The molecular weight excluding hydrogens is 188 g/mol. The highest BCUT2D eigenvalue weighted by Gasteiger charge is 1.99. The van der Waals surface area contributed by atoms with Crippen LogP contribution in [0.3, 0.4) is 0 Å². The topological polar surface area (TPSA) is 32.3 Å². The third-order valence-electron chi connectivity index (χ3n) is 2.33. The van der Waals surface area contributed by atoms with Gasteiger partial charge >= 0.3 is 0 Å². The summed E-state index contributed by atoms with van der Waals surface area (Å²) >= 11 is 0. The molecule has 1 amide bonds. The minimum Gasteiger partial charge on any atom is -0.345 e. The molecule has 1 aromatic carbocycles. The number of nitrogens with zero attached hydrogens (tertiary/aromatic N) is 1. The normalized spacial score (nSPS) is 10.0. The Kier molecular flexibility index (Phi) is 4.84. The van der Waals surface area contributed by atoms with Crippen molar-refractivity contribution in [3.63, 3.8) is 0 Å². The number of carbonyl (C=O) groups is 1. The van der Waals surface area contributed by atoms with Crippen molar-refractivity contribution in [2.45, 2.75) is 13.5 Å². The maximum atomic E-state index is 10.9. The number of rotatable bonds is 5. The van der Waals surface area contributed by atoms with Crippen molar-refractivity contribution in [1.82, 2.24) is 10.2 Å². The van der Waals surface area contributed by atoms with Crippen molar-refractivity contribution >= 4 is 5.91 Å². The predicted molar refractivity (Wildman–Crippen MR) is 61.5 cm³/mol. The van der Waals surface area contributed by atoms with E-state index in [0.29, 0.717) is 0 Å². The van der Waals surface area contributed by atoms with Gasteiger partial charge in [0.05, 0.1) is 0 Å². The molecule has 0 aliphatic carbocycles. The number of nitrogens with one attached hydrogen (secondary N) is 1. The number of amides is 1. The first kappa shape index (κ1) is 11.7. The number of carbonyl (C=O) groups excluding carboxylic acids is 1. The Labute approximate surface area is 91.1 Å². The van der Waals surface area contributed by atoms with Crippen molar-refractivity contribution in [1.29, 1.82) is 0 Å². The molecule has 0 unspecified atom stereocenters. The number of hydrogen-bond donors (Lipinski definition) is 1. The third kappa shape index (κ3) is 4.61. The van der Waals surface area contributed by atoms with Crippen molar-refractivity contribution in [2.75, 3.05) is 20.1 Å². The monoisotopic (exact) mass is 206 g/mol. The van der Waals surface area contributed by atoms with Crippen molar-refractivity contribution in [3.8, 4) is 0 Å². The van der Waals surface area contributed by atoms with Gasteiger partial charge in [0.15, 0.2) is 0 Å². The zero-order chi connectivity index (χ0) is 11.1. The number of likely N-dealkylation sites (N-methyl/N-ethyl adjacent to an activating group) is 1. The van der Waals surface area contributed by atoms with Gasteiger partial charge in [-0.15, -0.1) is 0 Å². The fourth-order valence-corrected chi connectivity index (χ4v) is 1.23. The first-order valence-corrected chi connectivity index (χ1v) is 5.16. The summed E-state index contributed by atoms with van der Waals surface area (Å²) in [5, 5.41) is 3.29. The van der Waals surface area contributed by atoms with Gasteiger partial charge in [-0.05, 0) is 5.56 Å². The zero-order valence-corrected chi connectivity index (χ0v) is 9.36. The average Bonchev–Trinajstić information content (AvgIpc) is 2.25. The Hall–Kier alpha value is -1.35. The molecule has 0 aliphatic heterocycles. The van der Waals surface area contributed by atoms with Gasteiger partial charge in [0.1, 0.15) is 0 Å². The first-order valence-electron chi connectivity index (χ1n) is 5.16. The molecule has 0 aliphatic rings. The molecule has 3 heteroatoms. The highest BCUT2D eigenvalue weighted by molar-refractivity contribution is 5.72. The second kappa shape index (κ2) is 6.19. The summed E-state index contributed by atoms with van der Waals surface area (Å²) < 4.78 is 0. The van der Waals surface area contributed by atoms with Crippen LogP contribution >= 0.6 is 0 Å². The second-order valence-corrected chi connectivity index (χ2v) is 3.60. The van der Waals surface area contributed by atoms with Crippen LogP contribution < -0.4 is 5.32 Å². The van der Waals surface area contributed by atoms with Gasteiger partial charge in [-0.25, -0.2) is 0 Å². The zero-order valence-electron chi connectivity index (χ0n) is 9.36. The molecule has 1 N–H and O–H groups in total. The molecular formula is C12H18N2O. The molecule has 1 aromatic rings. The first-order chi connectivity index (χ1) is 7.20.